The van der Waals surface area contributed by atoms with Gasteiger partial charge in [-0.2, -0.15) is 0 Å². The van der Waals surface area contributed by atoms with E-state index in [2.05, 4.69) is 43.8 Å². The van der Waals surface area contributed by atoms with Crippen molar-refractivity contribution in [2.45, 2.75) is 43.1 Å². The zero-order chi connectivity index (χ0) is 13.1. The summed E-state index contributed by atoms with van der Waals surface area (Å²) in [4.78, 5) is 2.80. The molecule has 1 aromatic carbocycles. The molecular weight excluding hydrogens is 361 g/mol. The standard InChI is InChI=1S/C14H18Br2FN/c1-18(14-5-3-2-4-12(14)16)9-10-8-11(15)6-7-13(10)17/h6-8,12,14H,2-5,9H2,1H3. The second-order valence-electron chi connectivity index (χ2n) is 5.02. The minimum atomic E-state index is -0.119. The molecule has 2 atom stereocenters. The maximum absolute atomic E-state index is 13.7. The highest BCUT2D eigenvalue weighted by atomic mass is 79.9. The Kier molecular flexibility index (Phi) is 5.22. The van der Waals surface area contributed by atoms with Gasteiger partial charge in [-0.15, -0.1) is 0 Å². The Hall–Kier alpha value is 0.0700. The molecule has 2 rings (SSSR count). The van der Waals surface area contributed by atoms with Crippen molar-refractivity contribution in [2.24, 2.45) is 0 Å². The monoisotopic (exact) mass is 377 g/mol. The van der Waals surface area contributed by atoms with E-state index in [1.54, 1.807) is 6.07 Å². The van der Waals surface area contributed by atoms with Gasteiger partial charge in [-0.1, -0.05) is 44.7 Å². The number of hydrogen-bond donors (Lipinski definition) is 0. The Morgan fingerprint density at radius 2 is 2.06 bits per heavy atom. The summed E-state index contributed by atoms with van der Waals surface area (Å²) in [6.07, 6.45) is 4.99. The first-order valence-corrected chi connectivity index (χ1v) is 8.07. The maximum atomic E-state index is 13.7. The van der Waals surface area contributed by atoms with E-state index in [0.717, 1.165) is 10.0 Å². The van der Waals surface area contributed by atoms with Gasteiger partial charge in [0.05, 0.1) is 0 Å². The molecule has 18 heavy (non-hydrogen) atoms. The van der Waals surface area contributed by atoms with Crippen LogP contribution in [0.4, 0.5) is 4.39 Å². The summed E-state index contributed by atoms with van der Waals surface area (Å²) in [5.41, 5.74) is 0.761. The van der Waals surface area contributed by atoms with Gasteiger partial charge in [0.2, 0.25) is 0 Å². The molecule has 0 bridgehead atoms. The molecule has 4 heteroatoms. The Morgan fingerprint density at radius 3 is 2.78 bits per heavy atom. The van der Waals surface area contributed by atoms with Crippen LogP contribution in [0, 0.1) is 5.82 Å². The molecule has 1 saturated carbocycles. The van der Waals surface area contributed by atoms with Crippen molar-refractivity contribution < 1.29 is 4.39 Å². The first-order chi connectivity index (χ1) is 8.58. The summed E-state index contributed by atoms with van der Waals surface area (Å²) in [7, 11) is 2.09. The van der Waals surface area contributed by atoms with Gasteiger partial charge in [0.15, 0.2) is 0 Å². The van der Waals surface area contributed by atoms with Gasteiger partial charge in [0, 0.05) is 27.4 Å². The fourth-order valence-electron chi connectivity index (χ4n) is 2.61. The van der Waals surface area contributed by atoms with Crippen LogP contribution in [-0.4, -0.2) is 22.8 Å². The maximum Gasteiger partial charge on any atom is 0.127 e. The van der Waals surface area contributed by atoms with Gasteiger partial charge >= 0.3 is 0 Å². The van der Waals surface area contributed by atoms with Crippen molar-refractivity contribution >= 4 is 31.9 Å². The van der Waals surface area contributed by atoms with Crippen molar-refractivity contribution in [3.05, 3.63) is 34.1 Å². The predicted molar refractivity (Wildman–Crippen MR) is 80.5 cm³/mol. The van der Waals surface area contributed by atoms with Crippen molar-refractivity contribution in [3.63, 3.8) is 0 Å². The summed E-state index contributed by atoms with van der Waals surface area (Å²) in [6.45, 7) is 0.665. The molecule has 0 spiro atoms. The third-order valence-corrected chi connectivity index (χ3v) is 5.20. The normalized spacial score (nSPS) is 24.5. The quantitative estimate of drug-likeness (QED) is 0.687. The van der Waals surface area contributed by atoms with Crippen LogP contribution in [0.5, 0.6) is 0 Å². The predicted octanol–water partition coefficient (Wildman–Crippen LogP) is 4.73. The molecule has 0 amide bonds. The number of halogens is 3. The third-order valence-electron chi connectivity index (χ3n) is 3.64. The van der Waals surface area contributed by atoms with E-state index < -0.39 is 0 Å². The van der Waals surface area contributed by atoms with Gasteiger partial charge in [0.25, 0.3) is 0 Å². The number of nitrogens with zero attached hydrogens (tertiary/aromatic N) is 1. The van der Waals surface area contributed by atoms with Crippen LogP contribution in [0.15, 0.2) is 22.7 Å². The van der Waals surface area contributed by atoms with E-state index in [-0.39, 0.29) is 5.82 Å². The molecular formula is C14H18Br2FN. The van der Waals surface area contributed by atoms with Crippen molar-refractivity contribution in [1.82, 2.24) is 4.90 Å². The van der Waals surface area contributed by atoms with Crippen molar-refractivity contribution in [2.75, 3.05) is 7.05 Å². The second-order valence-corrected chi connectivity index (χ2v) is 7.11. The van der Waals surface area contributed by atoms with E-state index in [0.29, 0.717) is 17.4 Å². The lowest BCUT2D eigenvalue weighted by molar-refractivity contribution is 0.191. The molecule has 1 fully saturated rings. The van der Waals surface area contributed by atoms with Crippen molar-refractivity contribution in [3.8, 4) is 0 Å². The van der Waals surface area contributed by atoms with Crippen LogP contribution in [0.3, 0.4) is 0 Å². The first kappa shape index (κ1) is 14.5. The molecule has 0 saturated heterocycles. The lowest BCUT2D eigenvalue weighted by atomic mass is 9.94. The minimum absolute atomic E-state index is 0.119. The number of alkyl halides is 1. The summed E-state index contributed by atoms with van der Waals surface area (Å²) >= 11 is 7.16. The topological polar surface area (TPSA) is 3.24 Å². The molecule has 1 aliphatic carbocycles. The molecule has 1 aliphatic rings. The molecule has 0 aliphatic heterocycles. The molecule has 0 N–H and O–H groups in total. The molecule has 0 heterocycles. The van der Waals surface area contributed by atoms with Crippen LogP contribution >= 0.6 is 31.9 Å². The van der Waals surface area contributed by atoms with Gasteiger partial charge in [0.1, 0.15) is 5.82 Å². The molecule has 1 aromatic rings. The van der Waals surface area contributed by atoms with E-state index in [1.807, 2.05) is 6.07 Å². The second kappa shape index (κ2) is 6.49. The van der Waals surface area contributed by atoms with E-state index in [4.69, 9.17) is 0 Å². The summed E-state index contributed by atoms with van der Waals surface area (Å²) in [5.74, 6) is -0.119. The van der Waals surface area contributed by atoms with Gasteiger partial charge in [-0.25, -0.2) is 4.39 Å². The fourth-order valence-corrected chi connectivity index (χ4v) is 4.01. The number of benzene rings is 1. The highest BCUT2D eigenvalue weighted by Crippen LogP contribution is 2.29. The first-order valence-electron chi connectivity index (χ1n) is 6.36. The average molecular weight is 379 g/mol. The Labute approximate surface area is 125 Å². The van der Waals surface area contributed by atoms with Crippen LogP contribution < -0.4 is 0 Å². The molecule has 0 aromatic heterocycles. The zero-order valence-corrected chi connectivity index (χ0v) is 13.7. The Balaban J connectivity index is 2.05. The fraction of sp³-hybridized carbons (Fsp3) is 0.571. The van der Waals surface area contributed by atoms with Crippen LogP contribution in [0.1, 0.15) is 31.2 Å². The highest BCUT2D eigenvalue weighted by molar-refractivity contribution is 9.10. The van der Waals surface area contributed by atoms with Gasteiger partial charge in [-0.3, -0.25) is 4.90 Å². The Morgan fingerprint density at radius 1 is 1.33 bits per heavy atom. The van der Waals surface area contributed by atoms with Crippen LogP contribution in [0.2, 0.25) is 0 Å². The van der Waals surface area contributed by atoms with E-state index >= 15 is 0 Å². The van der Waals surface area contributed by atoms with E-state index in [1.165, 1.54) is 31.7 Å². The molecule has 100 valence electrons. The smallest absolute Gasteiger partial charge is 0.127 e. The Bertz CT molecular complexity index is 411. The number of hydrogen-bond acceptors (Lipinski definition) is 1. The minimum Gasteiger partial charge on any atom is -0.298 e. The van der Waals surface area contributed by atoms with Crippen molar-refractivity contribution in [1.29, 1.82) is 0 Å². The zero-order valence-electron chi connectivity index (χ0n) is 10.5. The van der Waals surface area contributed by atoms with Gasteiger partial charge < -0.3 is 0 Å². The SMILES string of the molecule is CN(Cc1cc(Br)ccc1F)C1CCCCC1Br. The molecule has 1 nitrogen and oxygen atoms in total. The third kappa shape index (κ3) is 3.55. The van der Waals surface area contributed by atoms with Gasteiger partial charge in [-0.05, 0) is 38.1 Å². The van der Waals surface area contributed by atoms with Crippen LogP contribution in [-0.2, 0) is 6.54 Å². The largest absolute Gasteiger partial charge is 0.298 e. The summed E-state index contributed by atoms with van der Waals surface area (Å²) in [6, 6.07) is 5.65. The van der Waals surface area contributed by atoms with E-state index in [9.17, 15) is 4.39 Å². The molecule has 0 radical (unpaired) electrons. The number of rotatable bonds is 3. The molecule has 2 unspecified atom stereocenters. The lowest BCUT2D eigenvalue weighted by Gasteiger charge is -2.35. The summed E-state index contributed by atoms with van der Waals surface area (Å²) < 4.78 is 14.7. The van der Waals surface area contributed by atoms with Crippen LogP contribution in [0.25, 0.3) is 0 Å². The summed E-state index contributed by atoms with van der Waals surface area (Å²) in [5, 5.41) is 0. The highest BCUT2D eigenvalue weighted by Gasteiger charge is 2.26. The average Bonchev–Trinajstić information content (AvgIpc) is 2.34. The lowest BCUT2D eigenvalue weighted by Crippen LogP contribution is -2.40.